The van der Waals surface area contributed by atoms with E-state index in [9.17, 15) is 8.42 Å². The second-order valence-corrected chi connectivity index (χ2v) is 9.88. The molecule has 2 aliphatic rings. The molecule has 0 amide bonds. The van der Waals surface area contributed by atoms with Crippen LogP contribution in [0.1, 0.15) is 6.42 Å². The molecule has 2 unspecified atom stereocenters. The van der Waals surface area contributed by atoms with Crippen LogP contribution in [0.5, 0.6) is 0 Å². The number of hydrogen-bond donors (Lipinski definition) is 0. The molecule has 2 bridgehead atoms. The van der Waals surface area contributed by atoms with E-state index in [0.717, 1.165) is 34.7 Å². The number of rotatable bonds is 3. The van der Waals surface area contributed by atoms with Gasteiger partial charge in [0, 0.05) is 44.0 Å². The molecule has 0 N–H and O–H groups in total. The SMILES string of the molecule is Cn1c(-c2cc(N3CC4CC3CN4S(C)(=O)=O)ncc2Cl)nc2ccccc21. The summed E-state index contributed by atoms with van der Waals surface area (Å²) >= 11 is 6.48. The van der Waals surface area contributed by atoms with Crippen LogP contribution in [0.15, 0.2) is 36.5 Å². The molecule has 7 nitrogen and oxygen atoms in total. The Morgan fingerprint density at radius 2 is 1.96 bits per heavy atom. The minimum atomic E-state index is -3.17. The molecule has 0 radical (unpaired) electrons. The van der Waals surface area contributed by atoms with Crippen LogP contribution in [-0.4, -0.2) is 58.7 Å². The molecule has 1 aromatic carbocycles. The van der Waals surface area contributed by atoms with Gasteiger partial charge in [-0.15, -0.1) is 0 Å². The van der Waals surface area contributed by atoms with E-state index in [4.69, 9.17) is 16.6 Å². The fourth-order valence-electron chi connectivity index (χ4n) is 4.46. The first-order valence-electron chi connectivity index (χ1n) is 9.14. The number of hydrogen-bond acceptors (Lipinski definition) is 5. The van der Waals surface area contributed by atoms with Gasteiger partial charge in [0.25, 0.3) is 0 Å². The van der Waals surface area contributed by atoms with Gasteiger partial charge < -0.3 is 9.47 Å². The highest BCUT2D eigenvalue weighted by Crippen LogP contribution is 2.38. The van der Waals surface area contributed by atoms with Gasteiger partial charge in [-0.05, 0) is 24.6 Å². The molecular formula is C19H20ClN5O2S. The summed E-state index contributed by atoms with van der Waals surface area (Å²) in [6.07, 6.45) is 3.77. The lowest BCUT2D eigenvalue weighted by Gasteiger charge is -2.33. The number of sulfonamides is 1. The maximum atomic E-state index is 11.9. The molecule has 9 heteroatoms. The Balaban J connectivity index is 1.52. The number of anilines is 1. The monoisotopic (exact) mass is 417 g/mol. The van der Waals surface area contributed by atoms with Crippen molar-refractivity contribution in [2.45, 2.75) is 18.5 Å². The molecular weight excluding hydrogens is 398 g/mol. The van der Waals surface area contributed by atoms with Crippen molar-refractivity contribution in [1.29, 1.82) is 0 Å². The van der Waals surface area contributed by atoms with Gasteiger partial charge in [0.1, 0.15) is 11.6 Å². The van der Waals surface area contributed by atoms with Gasteiger partial charge in [0.15, 0.2) is 0 Å². The molecule has 0 spiro atoms. The van der Waals surface area contributed by atoms with Gasteiger partial charge in [-0.3, -0.25) is 0 Å². The Labute approximate surface area is 168 Å². The minimum absolute atomic E-state index is 0.0108. The minimum Gasteiger partial charge on any atom is -0.351 e. The van der Waals surface area contributed by atoms with E-state index in [0.29, 0.717) is 18.1 Å². The Hall–Kier alpha value is -2.16. The maximum Gasteiger partial charge on any atom is 0.211 e. The highest BCUT2D eigenvalue weighted by atomic mass is 35.5. The summed E-state index contributed by atoms with van der Waals surface area (Å²) in [5.41, 5.74) is 2.78. The van der Waals surface area contributed by atoms with Gasteiger partial charge in [0.2, 0.25) is 10.0 Å². The number of halogens is 1. The predicted molar refractivity (Wildman–Crippen MR) is 110 cm³/mol. The number of aryl methyl sites for hydroxylation is 1. The average molecular weight is 418 g/mol. The molecule has 4 heterocycles. The van der Waals surface area contributed by atoms with Gasteiger partial charge in [0.05, 0.1) is 22.3 Å². The van der Waals surface area contributed by atoms with Crippen molar-refractivity contribution in [2.24, 2.45) is 7.05 Å². The van der Waals surface area contributed by atoms with Crippen LogP contribution in [0.4, 0.5) is 5.82 Å². The van der Waals surface area contributed by atoms with E-state index in [2.05, 4.69) is 9.88 Å². The lowest BCUT2D eigenvalue weighted by molar-refractivity contribution is 0.371. The number of fused-ring (bicyclic) bond motifs is 3. The first-order valence-corrected chi connectivity index (χ1v) is 11.4. The van der Waals surface area contributed by atoms with Crippen molar-refractivity contribution in [2.75, 3.05) is 24.2 Å². The first-order chi connectivity index (χ1) is 13.3. The van der Waals surface area contributed by atoms with E-state index in [-0.39, 0.29) is 12.1 Å². The molecule has 2 aliphatic heterocycles. The first kappa shape index (κ1) is 17.9. The van der Waals surface area contributed by atoms with E-state index < -0.39 is 10.0 Å². The van der Waals surface area contributed by atoms with Gasteiger partial charge in [-0.25, -0.2) is 18.4 Å². The maximum absolute atomic E-state index is 11.9. The van der Waals surface area contributed by atoms with E-state index in [1.54, 1.807) is 10.5 Å². The topological polar surface area (TPSA) is 71.3 Å². The van der Waals surface area contributed by atoms with Crippen molar-refractivity contribution in [1.82, 2.24) is 18.8 Å². The molecule has 0 aliphatic carbocycles. The van der Waals surface area contributed by atoms with Crippen LogP contribution < -0.4 is 4.90 Å². The number of benzene rings is 1. The smallest absolute Gasteiger partial charge is 0.211 e. The highest BCUT2D eigenvalue weighted by molar-refractivity contribution is 7.88. The number of imidazole rings is 1. The van der Waals surface area contributed by atoms with Crippen LogP contribution in [0.25, 0.3) is 22.4 Å². The standard InChI is InChI=1S/C19H20ClN5O2S/c1-23-17-6-4-3-5-16(17)22-19(23)14-8-18(21-9-15(14)20)24-10-13-7-12(24)11-25(13)28(2,26)27/h3-6,8-9,12-13H,7,10-11H2,1-2H3. The molecule has 0 saturated carbocycles. The third-order valence-electron chi connectivity index (χ3n) is 5.78. The Morgan fingerprint density at radius 1 is 1.18 bits per heavy atom. The molecule has 3 aromatic rings. The van der Waals surface area contributed by atoms with E-state index >= 15 is 0 Å². The quantitative estimate of drug-likeness (QED) is 0.654. The van der Waals surface area contributed by atoms with Crippen molar-refractivity contribution >= 4 is 38.5 Å². The number of aromatic nitrogens is 3. The average Bonchev–Trinajstić information content (AvgIpc) is 3.35. The van der Waals surface area contributed by atoms with Crippen molar-refractivity contribution in [3.63, 3.8) is 0 Å². The van der Waals surface area contributed by atoms with Crippen LogP contribution in [0, 0.1) is 0 Å². The van der Waals surface area contributed by atoms with E-state index in [1.165, 1.54) is 6.26 Å². The summed E-state index contributed by atoms with van der Waals surface area (Å²) in [7, 11) is -1.19. The van der Waals surface area contributed by atoms with Crippen LogP contribution in [0.3, 0.4) is 0 Å². The summed E-state index contributed by atoms with van der Waals surface area (Å²) in [4.78, 5) is 11.5. The summed E-state index contributed by atoms with van der Waals surface area (Å²) in [5, 5.41) is 0.546. The summed E-state index contributed by atoms with van der Waals surface area (Å²) in [6, 6.07) is 10.1. The number of pyridine rings is 1. The molecule has 2 saturated heterocycles. The predicted octanol–water partition coefficient (Wildman–Crippen LogP) is 2.51. The van der Waals surface area contributed by atoms with Gasteiger partial charge >= 0.3 is 0 Å². The fraction of sp³-hybridized carbons (Fsp3) is 0.368. The highest BCUT2D eigenvalue weighted by Gasteiger charge is 2.47. The second kappa shape index (κ2) is 6.17. The lowest BCUT2D eigenvalue weighted by Crippen LogP contribution is -2.48. The number of para-hydroxylation sites is 2. The molecule has 2 aromatic heterocycles. The third kappa shape index (κ3) is 2.70. The van der Waals surface area contributed by atoms with Gasteiger partial charge in [-0.1, -0.05) is 23.7 Å². The largest absolute Gasteiger partial charge is 0.351 e. The van der Waals surface area contributed by atoms with E-state index in [1.807, 2.05) is 41.9 Å². The Morgan fingerprint density at radius 3 is 2.64 bits per heavy atom. The zero-order valence-corrected chi connectivity index (χ0v) is 17.2. The Kier molecular flexibility index (Phi) is 3.94. The lowest BCUT2D eigenvalue weighted by atomic mass is 10.2. The van der Waals surface area contributed by atoms with Gasteiger partial charge in [-0.2, -0.15) is 4.31 Å². The molecule has 2 atom stereocenters. The number of nitrogens with zero attached hydrogens (tertiary/aromatic N) is 5. The third-order valence-corrected chi connectivity index (χ3v) is 7.38. The molecule has 28 heavy (non-hydrogen) atoms. The second-order valence-electron chi connectivity index (χ2n) is 7.53. The van der Waals surface area contributed by atoms with Crippen LogP contribution in [-0.2, 0) is 17.1 Å². The summed E-state index contributed by atoms with van der Waals surface area (Å²) in [6.45, 7) is 1.16. The summed E-state index contributed by atoms with van der Waals surface area (Å²) in [5.74, 6) is 1.60. The van der Waals surface area contributed by atoms with Crippen LogP contribution >= 0.6 is 11.6 Å². The molecule has 5 rings (SSSR count). The van der Waals surface area contributed by atoms with Crippen molar-refractivity contribution in [3.8, 4) is 11.4 Å². The number of piperazine rings is 1. The summed E-state index contributed by atoms with van der Waals surface area (Å²) < 4.78 is 27.5. The zero-order chi connectivity index (χ0) is 19.6. The van der Waals surface area contributed by atoms with Crippen molar-refractivity contribution < 1.29 is 8.42 Å². The fourth-order valence-corrected chi connectivity index (χ4v) is 5.78. The Bertz CT molecular complexity index is 1190. The zero-order valence-electron chi connectivity index (χ0n) is 15.6. The van der Waals surface area contributed by atoms with Crippen LogP contribution in [0.2, 0.25) is 5.02 Å². The molecule has 2 fully saturated rings. The normalized spacial score (nSPS) is 22.5. The van der Waals surface area contributed by atoms with Crippen molar-refractivity contribution in [3.05, 3.63) is 41.6 Å². The molecule has 146 valence electrons.